The molecular formula is C13H7ClF2O2. The third kappa shape index (κ3) is 2.33. The highest BCUT2D eigenvalue weighted by Gasteiger charge is 2.15. The lowest BCUT2D eigenvalue weighted by Crippen LogP contribution is -2.01. The number of aromatic carboxylic acids is 1. The topological polar surface area (TPSA) is 37.3 Å². The normalized spacial score (nSPS) is 10.4. The maximum atomic E-state index is 13.5. The van der Waals surface area contributed by atoms with Crippen LogP contribution in [0.3, 0.4) is 0 Å². The van der Waals surface area contributed by atoms with Crippen molar-refractivity contribution >= 4 is 17.6 Å². The maximum Gasteiger partial charge on any atom is 0.338 e. The van der Waals surface area contributed by atoms with Crippen LogP contribution in [0, 0.1) is 11.6 Å². The third-order valence-corrected chi connectivity index (χ3v) is 2.74. The van der Waals surface area contributed by atoms with Gasteiger partial charge < -0.3 is 5.11 Å². The summed E-state index contributed by atoms with van der Waals surface area (Å²) in [4.78, 5) is 10.7. The van der Waals surface area contributed by atoms with E-state index in [1.807, 2.05) is 0 Å². The summed E-state index contributed by atoms with van der Waals surface area (Å²) in [6, 6.07) is 7.47. The Balaban J connectivity index is 2.60. The Morgan fingerprint density at radius 3 is 2.50 bits per heavy atom. The molecule has 0 saturated carbocycles. The van der Waals surface area contributed by atoms with Gasteiger partial charge in [-0.05, 0) is 29.8 Å². The van der Waals surface area contributed by atoms with Crippen molar-refractivity contribution in [2.24, 2.45) is 0 Å². The number of rotatable bonds is 2. The van der Waals surface area contributed by atoms with Crippen molar-refractivity contribution in [3.05, 3.63) is 58.6 Å². The van der Waals surface area contributed by atoms with Crippen LogP contribution in [-0.4, -0.2) is 11.1 Å². The van der Waals surface area contributed by atoms with Gasteiger partial charge in [0.15, 0.2) is 0 Å². The van der Waals surface area contributed by atoms with E-state index >= 15 is 0 Å². The molecule has 5 heteroatoms. The predicted octanol–water partition coefficient (Wildman–Crippen LogP) is 3.98. The van der Waals surface area contributed by atoms with E-state index in [1.165, 1.54) is 18.2 Å². The Hall–Kier alpha value is -1.94. The molecule has 0 aliphatic heterocycles. The summed E-state index contributed by atoms with van der Waals surface area (Å²) in [6.45, 7) is 0. The molecule has 0 saturated heterocycles. The lowest BCUT2D eigenvalue weighted by atomic mass is 10.0. The van der Waals surface area contributed by atoms with Crippen molar-refractivity contribution in [1.29, 1.82) is 0 Å². The van der Waals surface area contributed by atoms with Gasteiger partial charge in [-0.3, -0.25) is 0 Å². The number of carboxylic acid groups (broad SMARTS) is 1. The second-order valence-corrected chi connectivity index (χ2v) is 4.03. The van der Waals surface area contributed by atoms with Crippen molar-refractivity contribution in [2.75, 3.05) is 0 Å². The minimum atomic E-state index is -1.40. The van der Waals surface area contributed by atoms with E-state index in [9.17, 15) is 13.6 Å². The number of halogens is 3. The molecule has 1 N–H and O–H groups in total. The van der Waals surface area contributed by atoms with Crippen molar-refractivity contribution in [2.45, 2.75) is 0 Å². The lowest BCUT2D eigenvalue weighted by Gasteiger charge is -2.07. The SMILES string of the molecule is O=C(O)c1cc(Cl)c(-c2cccc(F)c2)cc1F. The molecular weight excluding hydrogens is 262 g/mol. The Kier molecular flexibility index (Phi) is 3.30. The van der Waals surface area contributed by atoms with Gasteiger partial charge >= 0.3 is 5.97 Å². The number of hydrogen-bond acceptors (Lipinski definition) is 1. The summed E-state index contributed by atoms with van der Waals surface area (Å²) in [5.74, 6) is -2.79. The molecule has 0 aromatic heterocycles. The molecule has 2 aromatic carbocycles. The Labute approximate surface area is 106 Å². The Morgan fingerprint density at radius 2 is 1.89 bits per heavy atom. The van der Waals surface area contributed by atoms with Gasteiger partial charge in [0.05, 0.1) is 5.56 Å². The maximum absolute atomic E-state index is 13.5. The van der Waals surface area contributed by atoms with Crippen LogP contribution in [0.15, 0.2) is 36.4 Å². The summed E-state index contributed by atoms with van der Waals surface area (Å²) in [7, 11) is 0. The molecule has 0 amide bonds. The number of carboxylic acids is 1. The quantitative estimate of drug-likeness (QED) is 0.894. The van der Waals surface area contributed by atoms with Crippen molar-refractivity contribution in [3.63, 3.8) is 0 Å². The summed E-state index contributed by atoms with van der Waals surface area (Å²) in [5, 5.41) is 8.79. The highest BCUT2D eigenvalue weighted by Crippen LogP contribution is 2.30. The average Bonchev–Trinajstić information content (AvgIpc) is 2.31. The molecule has 92 valence electrons. The zero-order valence-corrected chi connectivity index (χ0v) is 9.71. The molecule has 0 bridgehead atoms. The molecule has 0 atom stereocenters. The van der Waals surface area contributed by atoms with Crippen molar-refractivity contribution in [3.8, 4) is 11.1 Å². The van der Waals surface area contributed by atoms with Crippen LogP contribution < -0.4 is 0 Å². The summed E-state index contributed by atoms with van der Waals surface area (Å²) in [6.07, 6.45) is 0. The van der Waals surface area contributed by atoms with Crippen molar-refractivity contribution in [1.82, 2.24) is 0 Å². The monoisotopic (exact) mass is 268 g/mol. The standard InChI is InChI=1S/C13H7ClF2O2/c14-11-5-10(13(17)18)12(16)6-9(11)7-2-1-3-8(15)4-7/h1-6H,(H,17,18). The van der Waals surface area contributed by atoms with E-state index in [0.717, 1.165) is 12.1 Å². The van der Waals surface area contributed by atoms with Crippen LogP contribution in [0.2, 0.25) is 5.02 Å². The van der Waals surface area contributed by atoms with Crippen LogP contribution in [0.25, 0.3) is 11.1 Å². The van der Waals surface area contributed by atoms with Crippen LogP contribution >= 0.6 is 11.6 Å². The smallest absolute Gasteiger partial charge is 0.338 e. The highest BCUT2D eigenvalue weighted by atomic mass is 35.5. The van der Waals surface area contributed by atoms with Gasteiger partial charge in [0, 0.05) is 10.6 Å². The van der Waals surface area contributed by atoms with Gasteiger partial charge in [-0.15, -0.1) is 0 Å². The fraction of sp³-hybridized carbons (Fsp3) is 0. The Bertz CT molecular complexity index is 626. The molecule has 0 heterocycles. The van der Waals surface area contributed by atoms with Gasteiger partial charge in [0.2, 0.25) is 0 Å². The first-order valence-corrected chi connectivity index (χ1v) is 5.35. The molecule has 0 unspecified atom stereocenters. The molecule has 18 heavy (non-hydrogen) atoms. The van der Waals surface area contributed by atoms with Gasteiger partial charge in [-0.2, -0.15) is 0 Å². The van der Waals surface area contributed by atoms with Crippen LogP contribution in [0.1, 0.15) is 10.4 Å². The van der Waals surface area contributed by atoms with Gasteiger partial charge in [0.25, 0.3) is 0 Å². The summed E-state index contributed by atoms with van der Waals surface area (Å²) < 4.78 is 26.6. The molecule has 0 aliphatic rings. The van der Waals surface area contributed by atoms with Crippen molar-refractivity contribution < 1.29 is 18.7 Å². The predicted molar refractivity (Wildman–Crippen MR) is 63.8 cm³/mol. The zero-order chi connectivity index (χ0) is 13.3. The molecule has 2 nitrogen and oxygen atoms in total. The second-order valence-electron chi connectivity index (χ2n) is 3.63. The largest absolute Gasteiger partial charge is 0.478 e. The minimum Gasteiger partial charge on any atom is -0.478 e. The average molecular weight is 269 g/mol. The zero-order valence-electron chi connectivity index (χ0n) is 8.95. The van der Waals surface area contributed by atoms with E-state index in [0.29, 0.717) is 5.56 Å². The molecule has 2 aromatic rings. The second kappa shape index (κ2) is 4.74. The minimum absolute atomic E-state index is 0.0550. The highest BCUT2D eigenvalue weighted by molar-refractivity contribution is 6.33. The van der Waals surface area contributed by atoms with Gasteiger partial charge in [-0.25, -0.2) is 13.6 Å². The van der Waals surface area contributed by atoms with Crippen LogP contribution in [-0.2, 0) is 0 Å². The molecule has 0 radical (unpaired) electrons. The molecule has 0 spiro atoms. The van der Waals surface area contributed by atoms with E-state index in [-0.39, 0.29) is 10.6 Å². The van der Waals surface area contributed by atoms with E-state index < -0.39 is 23.2 Å². The summed E-state index contributed by atoms with van der Waals surface area (Å²) >= 11 is 5.88. The number of benzene rings is 2. The van der Waals surface area contributed by atoms with Gasteiger partial charge in [-0.1, -0.05) is 23.7 Å². The first kappa shape index (κ1) is 12.5. The van der Waals surface area contributed by atoms with E-state index in [1.54, 1.807) is 6.07 Å². The first-order valence-electron chi connectivity index (χ1n) is 4.97. The molecule has 2 rings (SSSR count). The molecule has 0 aliphatic carbocycles. The lowest BCUT2D eigenvalue weighted by molar-refractivity contribution is 0.0692. The Morgan fingerprint density at radius 1 is 1.17 bits per heavy atom. The number of carbonyl (C=O) groups is 1. The molecule has 0 fully saturated rings. The first-order chi connectivity index (χ1) is 8.49. The summed E-state index contributed by atoms with van der Waals surface area (Å²) in [5.41, 5.74) is 0.120. The van der Waals surface area contributed by atoms with Crippen LogP contribution in [0.5, 0.6) is 0 Å². The fourth-order valence-electron chi connectivity index (χ4n) is 1.59. The van der Waals surface area contributed by atoms with E-state index in [2.05, 4.69) is 0 Å². The van der Waals surface area contributed by atoms with E-state index in [4.69, 9.17) is 16.7 Å². The third-order valence-electron chi connectivity index (χ3n) is 2.42. The number of hydrogen-bond donors (Lipinski definition) is 1. The van der Waals surface area contributed by atoms with Gasteiger partial charge in [0.1, 0.15) is 11.6 Å². The fourth-order valence-corrected chi connectivity index (χ4v) is 1.86. The van der Waals surface area contributed by atoms with Crippen LogP contribution in [0.4, 0.5) is 8.78 Å².